The van der Waals surface area contributed by atoms with E-state index in [1.165, 1.54) is 145 Å². The van der Waals surface area contributed by atoms with Gasteiger partial charge in [0.05, 0.1) is 33.1 Å². The van der Waals surface area contributed by atoms with E-state index in [2.05, 4.69) is 82.0 Å². The van der Waals surface area contributed by atoms with Crippen molar-refractivity contribution in [1.29, 1.82) is 0 Å². The molecule has 10 atom stereocenters. The maximum atomic E-state index is 11.8. The summed E-state index contributed by atoms with van der Waals surface area (Å²) < 4.78 is 12.0. The van der Waals surface area contributed by atoms with Crippen molar-refractivity contribution >= 4 is 78.5 Å². The molecule has 388 valence electrons. The molecule has 0 N–H and O–H groups in total. The number of carbonyl (C=O) groups is 4. The van der Waals surface area contributed by atoms with E-state index in [0.717, 1.165) is 63.7 Å². The second-order valence-corrected chi connectivity index (χ2v) is 25.5. The molecule has 4 aromatic rings. The van der Waals surface area contributed by atoms with E-state index in [0.29, 0.717) is 35.5 Å². The van der Waals surface area contributed by atoms with E-state index in [-0.39, 0.29) is 47.3 Å². The minimum atomic E-state index is 0.0428. The van der Waals surface area contributed by atoms with Crippen molar-refractivity contribution < 1.29 is 19.2 Å². The predicted octanol–water partition coefficient (Wildman–Crippen LogP) is 9.78. The number of imide groups is 2. The van der Waals surface area contributed by atoms with Crippen molar-refractivity contribution in [3.05, 3.63) is 48.5 Å². The lowest BCUT2D eigenvalue weighted by Crippen LogP contribution is -2.48. The summed E-state index contributed by atoms with van der Waals surface area (Å²) in [6, 6.07) is 17.2. The minimum absolute atomic E-state index is 0.0428. The van der Waals surface area contributed by atoms with E-state index in [1.807, 2.05) is 0 Å². The van der Waals surface area contributed by atoms with Gasteiger partial charge in [-0.2, -0.15) is 8.75 Å². The number of likely N-dealkylation sites (tertiary alicyclic amines) is 2. The molecule has 7 unspecified atom stereocenters. The zero-order valence-corrected chi connectivity index (χ0v) is 45.2. The summed E-state index contributed by atoms with van der Waals surface area (Å²) in [6.07, 6.45) is 19.1. The molecule has 4 saturated heterocycles. The lowest BCUT2D eigenvalue weighted by atomic mass is 9.76. The molecule has 14 heteroatoms. The Labute approximate surface area is 436 Å². The van der Waals surface area contributed by atoms with Gasteiger partial charge in [0, 0.05) is 90.3 Å². The second-order valence-electron chi connectivity index (χ2n) is 23.9. The number of hydrogen-bond donors (Lipinski definition) is 0. The lowest BCUT2D eigenvalue weighted by molar-refractivity contribution is -0.140. The molecule has 4 aliphatic heterocycles. The van der Waals surface area contributed by atoms with Crippen LogP contribution in [0.2, 0.25) is 0 Å². The Balaban J connectivity index is 0.000000106. The van der Waals surface area contributed by atoms with Crippen molar-refractivity contribution in [3.63, 3.8) is 0 Å². The summed E-state index contributed by atoms with van der Waals surface area (Å²) in [5.41, 5.74) is 0. The summed E-state index contributed by atoms with van der Waals surface area (Å²) in [5, 5.41) is 2.65. The van der Waals surface area contributed by atoms with Gasteiger partial charge in [0.25, 0.3) is 0 Å². The van der Waals surface area contributed by atoms with Gasteiger partial charge in [0.15, 0.2) is 0 Å². The number of nitrogens with zero attached hydrogens (tertiary/aromatic N) is 8. The highest BCUT2D eigenvalue weighted by atomic mass is 32.1. The molecule has 10 fully saturated rings. The second kappa shape index (κ2) is 21.7. The van der Waals surface area contributed by atoms with Crippen LogP contribution in [0.3, 0.4) is 0 Å². The SMILES string of the molecule is CC1CC2C[C@@H]1C1C(=O)N(C)C(=O)C21.CC1C[C@@H]2CC1C1C(=O)N(C)C(=O)[C@H]12.c1ccc2c(N3CCN(CC4CCCCC4)CC3)nsc2c1.c1ccc2c(N3CCN(CC4CCCCC4)CC3)nsc2c1. The van der Waals surface area contributed by atoms with Crippen molar-refractivity contribution in [1.82, 2.24) is 28.3 Å². The molecule has 0 radical (unpaired) electrons. The van der Waals surface area contributed by atoms with Crippen LogP contribution in [0.4, 0.5) is 11.6 Å². The fourth-order valence-electron chi connectivity index (χ4n) is 15.8. The van der Waals surface area contributed by atoms with Crippen LogP contribution in [0, 0.1) is 71.0 Å². The molecule has 2 aromatic heterocycles. The number of anilines is 2. The standard InChI is InChI=1S/2C18H25N3S.2C11H15NO2/c2*1-2-6-15(7-3-1)14-20-10-12-21(13-11-20)18-16-8-4-5-9-17(16)22-19-18;2*1-5-3-6-4-7(5)9-8(6)10(13)12(2)11(9)14/h2*4-5,8-9,15H,1-3,6-7,10-14H2;2*5-9H,3-4H2,1-2H3/t;;5?,6?,7-,8?,9?;5?,6-,7?,8+,9?/m..01/s1. The highest BCUT2D eigenvalue weighted by Crippen LogP contribution is 2.59. The number of aromatic nitrogens is 2. The molecule has 72 heavy (non-hydrogen) atoms. The highest BCUT2D eigenvalue weighted by molar-refractivity contribution is 7.14. The van der Waals surface area contributed by atoms with Crippen molar-refractivity contribution in [2.45, 2.75) is 104 Å². The molecule has 6 aliphatic carbocycles. The third kappa shape index (κ3) is 9.89. The van der Waals surface area contributed by atoms with Crippen molar-refractivity contribution in [3.8, 4) is 0 Å². The zero-order chi connectivity index (χ0) is 49.6. The maximum Gasteiger partial charge on any atom is 0.233 e. The summed E-state index contributed by atoms with van der Waals surface area (Å²) in [7, 11) is 3.26. The molecule has 14 rings (SSSR count). The van der Waals surface area contributed by atoms with Crippen LogP contribution in [0.1, 0.15) is 104 Å². The normalized spacial score (nSPS) is 32.8. The number of hydrogen-bond acceptors (Lipinski definition) is 12. The topological polar surface area (TPSA) is 113 Å². The average Bonchev–Trinajstić information content (AvgIpc) is 4.32. The largest absolute Gasteiger partial charge is 0.353 e. The average molecular weight is 1020 g/mol. The van der Waals surface area contributed by atoms with E-state index in [4.69, 9.17) is 8.75 Å². The predicted molar refractivity (Wildman–Crippen MR) is 290 cm³/mol. The molecule has 10 aliphatic rings. The number of carbonyl (C=O) groups excluding carboxylic acids is 4. The number of fused-ring (bicyclic) bond motifs is 12. The lowest BCUT2D eigenvalue weighted by Gasteiger charge is -2.37. The number of benzene rings is 2. The Hall–Kier alpha value is -3.98. The van der Waals surface area contributed by atoms with E-state index in [1.54, 1.807) is 37.2 Å². The van der Waals surface area contributed by atoms with E-state index < -0.39 is 0 Å². The van der Waals surface area contributed by atoms with Crippen LogP contribution in [0.5, 0.6) is 0 Å². The summed E-state index contributed by atoms with van der Waals surface area (Å²) in [5.74, 6) is 8.12. The first kappa shape index (κ1) is 50.2. The molecule has 4 amide bonds. The fraction of sp³-hybridized carbons (Fsp3) is 0.690. The molecule has 6 heterocycles. The van der Waals surface area contributed by atoms with Crippen molar-refractivity contribution in [2.24, 2.45) is 71.0 Å². The Bertz CT molecular complexity index is 2380. The molecule has 0 spiro atoms. The Morgan fingerprint density at radius 2 is 0.833 bits per heavy atom. The number of amides is 4. The maximum absolute atomic E-state index is 11.8. The van der Waals surface area contributed by atoms with Crippen LogP contribution < -0.4 is 9.80 Å². The summed E-state index contributed by atoms with van der Waals surface area (Å²) in [4.78, 5) is 60.3. The molecule has 12 nitrogen and oxygen atoms in total. The summed E-state index contributed by atoms with van der Waals surface area (Å²) >= 11 is 3.26. The zero-order valence-electron chi connectivity index (χ0n) is 43.5. The Morgan fingerprint density at radius 1 is 0.472 bits per heavy atom. The van der Waals surface area contributed by atoms with E-state index in [9.17, 15) is 19.2 Å². The molecular formula is C58H80N8O4S2. The van der Waals surface area contributed by atoms with Crippen molar-refractivity contribution in [2.75, 3.05) is 89.3 Å². The number of piperazine rings is 2. The highest BCUT2D eigenvalue weighted by Gasteiger charge is 2.63. The first-order valence-electron chi connectivity index (χ1n) is 28.3. The van der Waals surface area contributed by atoms with Gasteiger partial charge in [0.2, 0.25) is 23.6 Å². The summed E-state index contributed by atoms with van der Waals surface area (Å²) in [6.45, 7) is 16.4. The van der Waals surface area contributed by atoms with Gasteiger partial charge in [-0.3, -0.25) is 38.8 Å². The van der Waals surface area contributed by atoms with Gasteiger partial charge in [-0.15, -0.1) is 0 Å². The van der Waals surface area contributed by atoms with Gasteiger partial charge in [0.1, 0.15) is 11.6 Å². The van der Waals surface area contributed by atoms with Gasteiger partial charge >= 0.3 is 0 Å². The fourth-order valence-corrected chi connectivity index (χ4v) is 17.4. The van der Waals surface area contributed by atoms with E-state index >= 15 is 0 Å². The first-order chi connectivity index (χ1) is 35.0. The smallest absolute Gasteiger partial charge is 0.233 e. The van der Waals surface area contributed by atoms with Crippen LogP contribution in [-0.4, -0.2) is 132 Å². The molecule has 4 bridgehead atoms. The van der Waals surface area contributed by atoms with Crippen LogP contribution >= 0.6 is 23.1 Å². The van der Waals surface area contributed by atoms with Crippen LogP contribution in [0.25, 0.3) is 20.2 Å². The van der Waals surface area contributed by atoms with Gasteiger partial charge in [-0.05, 0) is 146 Å². The van der Waals surface area contributed by atoms with Gasteiger partial charge < -0.3 is 9.80 Å². The molecule has 2 aromatic carbocycles. The molecule has 6 saturated carbocycles. The van der Waals surface area contributed by atoms with Gasteiger partial charge in [-0.1, -0.05) is 76.6 Å². The third-order valence-electron chi connectivity index (χ3n) is 19.7. The van der Waals surface area contributed by atoms with Crippen LogP contribution in [0.15, 0.2) is 48.5 Å². The van der Waals surface area contributed by atoms with Crippen LogP contribution in [-0.2, 0) is 19.2 Å². The monoisotopic (exact) mass is 1020 g/mol. The minimum Gasteiger partial charge on any atom is -0.353 e. The third-order valence-corrected chi connectivity index (χ3v) is 21.3. The quantitative estimate of drug-likeness (QED) is 0.173. The Morgan fingerprint density at radius 3 is 1.22 bits per heavy atom. The number of rotatable bonds is 6. The Kier molecular flexibility index (Phi) is 15.1. The first-order valence-corrected chi connectivity index (χ1v) is 29.8. The molecular weight excluding hydrogens is 937 g/mol. The van der Waals surface area contributed by atoms with Gasteiger partial charge in [-0.25, -0.2) is 0 Å².